The van der Waals surface area contributed by atoms with Crippen LogP contribution in [0.4, 0.5) is 13.2 Å². The number of hydrogen-bond acceptors (Lipinski definition) is 8. The number of carbonyl (C=O) groups excluding carboxylic acids is 4. The van der Waals surface area contributed by atoms with E-state index in [1.165, 1.54) is 0 Å². The Morgan fingerprint density at radius 2 is 1.91 bits per heavy atom. The molecule has 44 heavy (non-hydrogen) atoms. The number of nitrogens with zero attached hydrogens (tertiary/aromatic N) is 2. The van der Waals surface area contributed by atoms with Crippen molar-refractivity contribution in [1.29, 1.82) is 0 Å². The summed E-state index contributed by atoms with van der Waals surface area (Å²) in [6, 6.07) is 2.75. The van der Waals surface area contributed by atoms with Crippen LogP contribution in [0.5, 0.6) is 0 Å². The molecule has 1 saturated carbocycles. The van der Waals surface area contributed by atoms with Gasteiger partial charge >= 0.3 is 6.18 Å². The number of thiazole rings is 1. The van der Waals surface area contributed by atoms with Crippen molar-refractivity contribution in [1.82, 2.24) is 25.2 Å². The Balaban J connectivity index is 1.47. The molecule has 2 aliphatic heterocycles. The number of carbonyl (C=O) groups is 4. The fourth-order valence-electron chi connectivity index (χ4n) is 6.59. The molecule has 3 fully saturated rings. The van der Waals surface area contributed by atoms with Crippen LogP contribution in [0.15, 0.2) is 24.3 Å². The third-order valence-corrected chi connectivity index (χ3v) is 10.8. The molecule has 1 aromatic carbocycles. The fraction of sp³-hybridized carbons (Fsp3) is 0.607. The summed E-state index contributed by atoms with van der Waals surface area (Å²) in [6.07, 6.45) is -3.52. The van der Waals surface area contributed by atoms with E-state index in [1.54, 1.807) is 38.1 Å². The first-order valence-corrected chi connectivity index (χ1v) is 17.0. The van der Waals surface area contributed by atoms with E-state index in [2.05, 4.69) is 20.3 Å². The van der Waals surface area contributed by atoms with Crippen molar-refractivity contribution >= 4 is 55.1 Å². The number of sulfonamides is 1. The summed E-state index contributed by atoms with van der Waals surface area (Å²) in [5.74, 6) is -6.31. The second-order valence-corrected chi connectivity index (χ2v) is 15.2. The summed E-state index contributed by atoms with van der Waals surface area (Å²) in [6.45, 7) is 4.12. The zero-order valence-electron chi connectivity index (χ0n) is 24.5. The molecule has 2 saturated heterocycles. The lowest BCUT2D eigenvalue weighted by molar-refractivity contribution is -0.197. The van der Waals surface area contributed by atoms with Crippen LogP contribution in [0, 0.1) is 29.1 Å². The van der Waals surface area contributed by atoms with Crippen molar-refractivity contribution in [3.63, 3.8) is 0 Å². The Labute approximate surface area is 256 Å². The summed E-state index contributed by atoms with van der Waals surface area (Å²) in [4.78, 5) is 59.2. The second kappa shape index (κ2) is 11.4. The van der Waals surface area contributed by atoms with Gasteiger partial charge in [0.25, 0.3) is 0 Å². The predicted molar refractivity (Wildman–Crippen MR) is 155 cm³/mol. The lowest BCUT2D eigenvalue weighted by Crippen LogP contribution is -2.59. The normalized spacial score (nSPS) is 28.1. The fourth-order valence-corrected chi connectivity index (χ4v) is 8.38. The molecular formula is C28H34F3N5O6S2. The highest BCUT2D eigenvalue weighted by atomic mass is 32.2. The molecule has 3 aliphatic rings. The van der Waals surface area contributed by atoms with Crippen LogP contribution in [0.25, 0.3) is 10.2 Å². The summed E-state index contributed by atoms with van der Waals surface area (Å²) < 4.78 is 69.6. The highest BCUT2D eigenvalue weighted by Crippen LogP contribution is 2.71. The topological polar surface area (TPSA) is 155 Å². The minimum Gasteiger partial charge on any atom is -0.356 e. The lowest BCUT2D eigenvalue weighted by atomic mass is 9.93. The molecule has 0 bridgehead atoms. The van der Waals surface area contributed by atoms with Crippen molar-refractivity contribution in [3.05, 3.63) is 29.3 Å². The van der Waals surface area contributed by atoms with E-state index < -0.39 is 87.6 Å². The van der Waals surface area contributed by atoms with E-state index in [4.69, 9.17) is 0 Å². The molecule has 0 radical (unpaired) electrons. The first-order chi connectivity index (χ1) is 20.4. The second-order valence-electron chi connectivity index (χ2n) is 12.4. The molecule has 16 heteroatoms. The van der Waals surface area contributed by atoms with Gasteiger partial charge in [-0.3, -0.25) is 19.2 Å². The maximum absolute atomic E-state index is 14.2. The average molecular weight is 658 g/mol. The molecule has 0 spiro atoms. The Kier molecular flexibility index (Phi) is 8.33. The van der Waals surface area contributed by atoms with Gasteiger partial charge in [-0.1, -0.05) is 32.9 Å². The Morgan fingerprint density at radius 3 is 2.48 bits per heavy atom. The Bertz CT molecular complexity index is 1580. The average Bonchev–Trinajstić information content (AvgIpc) is 3.38. The molecule has 1 aromatic heterocycles. The van der Waals surface area contributed by atoms with E-state index in [1.807, 2.05) is 0 Å². The van der Waals surface area contributed by atoms with Gasteiger partial charge in [-0.15, -0.1) is 11.3 Å². The van der Waals surface area contributed by atoms with Gasteiger partial charge in [-0.05, 0) is 36.8 Å². The molecule has 3 amide bonds. The van der Waals surface area contributed by atoms with Crippen molar-refractivity contribution in [3.8, 4) is 0 Å². The number of hydrogen-bond donors (Lipinski definition) is 3. The van der Waals surface area contributed by atoms with Crippen molar-refractivity contribution < 1.29 is 40.8 Å². The van der Waals surface area contributed by atoms with Gasteiger partial charge < -0.3 is 15.5 Å². The van der Waals surface area contributed by atoms with Crippen LogP contribution < -0.4 is 15.4 Å². The summed E-state index contributed by atoms with van der Waals surface area (Å²) in [5.41, 5.74) is -1.70. The van der Waals surface area contributed by atoms with E-state index in [-0.39, 0.29) is 17.3 Å². The standard InChI is InChI=1S/C28H34F3N5O6S2/c1-13(2)20(35-44(4,41)42)26(40)36-12-15-19(27(15,3)28(29,30)31)21(36)24(39)33-17(11-14-9-10-32-23(14)38)22(37)25-34-16-7-5-6-8-18(16)43-25/h5-8,13-15,17,19-21,35H,9-12H2,1-4H3,(H,32,38)(H,33,39)/t14-,15?,17-,19?,20-,21?,27?/m0/s1. The molecule has 7 atom stereocenters. The number of halogens is 3. The number of likely N-dealkylation sites (tertiary alicyclic amines) is 1. The number of fused-ring (bicyclic) bond motifs is 2. The number of para-hydroxylation sites is 1. The van der Waals surface area contributed by atoms with E-state index in [9.17, 15) is 40.8 Å². The van der Waals surface area contributed by atoms with Crippen molar-refractivity contribution in [2.75, 3.05) is 19.3 Å². The quantitative estimate of drug-likeness (QED) is 0.331. The minimum absolute atomic E-state index is 0.0657. The van der Waals surface area contributed by atoms with E-state index in [0.29, 0.717) is 23.2 Å². The third-order valence-electron chi connectivity index (χ3n) is 9.11. The molecule has 5 rings (SSSR count). The molecular weight excluding hydrogens is 623 g/mol. The largest absolute Gasteiger partial charge is 0.394 e. The van der Waals surface area contributed by atoms with E-state index in [0.717, 1.165) is 29.4 Å². The molecule has 1 aliphatic carbocycles. The number of Topliss-reactive ketones (excluding diaryl/α,β-unsaturated/α-hetero) is 1. The SMILES string of the molecule is CC(C)[C@H](NS(C)(=O)=O)C(=O)N1CC2C(C1C(=O)N[C@@H](C[C@@H]1CCNC1=O)C(=O)c1nc3ccccc3s1)C2(C)C(F)(F)F. The van der Waals surface area contributed by atoms with Crippen LogP contribution in [0.1, 0.15) is 43.4 Å². The number of nitrogens with one attached hydrogen (secondary N) is 3. The first kappa shape index (κ1) is 32.3. The number of alkyl halides is 3. The number of piperidine rings is 1. The maximum atomic E-state index is 14.2. The number of aromatic nitrogens is 1. The van der Waals surface area contributed by atoms with Gasteiger partial charge in [0.15, 0.2) is 5.01 Å². The zero-order valence-corrected chi connectivity index (χ0v) is 26.1. The van der Waals surface area contributed by atoms with Gasteiger partial charge in [0, 0.05) is 24.9 Å². The maximum Gasteiger partial charge on any atom is 0.394 e. The summed E-state index contributed by atoms with van der Waals surface area (Å²) in [5, 5.41) is 5.34. The van der Waals surface area contributed by atoms with Crippen molar-refractivity contribution in [2.24, 2.45) is 29.1 Å². The molecule has 4 unspecified atom stereocenters. The zero-order chi connectivity index (χ0) is 32.4. The van der Waals surface area contributed by atoms with Crippen LogP contribution in [-0.2, 0) is 24.4 Å². The minimum atomic E-state index is -4.67. The number of ketones is 1. The van der Waals surface area contributed by atoms with Crippen molar-refractivity contribution in [2.45, 2.75) is 57.9 Å². The highest BCUT2D eigenvalue weighted by Gasteiger charge is 2.81. The van der Waals surface area contributed by atoms with Crippen LogP contribution >= 0.6 is 11.3 Å². The molecule has 3 heterocycles. The number of amides is 3. The Morgan fingerprint density at radius 1 is 1.23 bits per heavy atom. The monoisotopic (exact) mass is 657 g/mol. The third kappa shape index (κ3) is 5.83. The molecule has 2 aromatic rings. The Hall–Kier alpha value is -3.11. The van der Waals surface area contributed by atoms with Crippen LogP contribution in [-0.4, -0.2) is 85.5 Å². The number of benzene rings is 1. The van der Waals surface area contributed by atoms with Gasteiger partial charge in [-0.25, -0.2) is 18.1 Å². The molecule has 3 N–H and O–H groups in total. The predicted octanol–water partition coefficient (Wildman–Crippen LogP) is 2.09. The molecule has 11 nitrogen and oxygen atoms in total. The van der Waals surface area contributed by atoms with E-state index >= 15 is 0 Å². The highest BCUT2D eigenvalue weighted by molar-refractivity contribution is 7.88. The number of rotatable bonds is 10. The molecule has 240 valence electrons. The van der Waals surface area contributed by atoms with Gasteiger partial charge in [0.05, 0.1) is 27.9 Å². The smallest absolute Gasteiger partial charge is 0.356 e. The summed E-state index contributed by atoms with van der Waals surface area (Å²) in [7, 11) is -3.89. The first-order valence-electron chi connectivity index (χ1n) is 14.3. The summed E-state index contributed by atoms with van der Waals surface area (Å²) >= 11 is 1.09. The van der Waals surface area contributed by atoms with Gasteiger partial charge in [-0.2, -0.15) is 13.2 Å². The van der Waals surface area contributed by atoms with Crippen LogP contribution in [0.2, 0.25) is 0 Å². The van der Waals surface area contributed by atoms with Gasteiger partial charge in [0.2, 0.25) is 33.5 Å². The van der Waals surface area contributed by atoms with Gasteiger partial charge in [0.1, 0.15) is 12.1 Å². The van der Waals surface area contributed by atoms with Crippen LogP contribution in [0.3, 0.4) is 0 Å². The lowest BCUT2D eigenvalue weighted by Gasteiger charge is -2.35.